The Labute approximate surface area is 105 Å². The minimum absolute atomic E-state index is 0.284. The van der Waals surface area contributed by atoms with Crippen LogP contribution in [0.25, 0.3) is 0 Å². The number of hydrogen-bond donors (Lipinski definition) is 1. The molecule has 0 aromatic heterocycles. The Hall–Kier alpha value is -0.820. The van der Waals surface area contributed by atoms with Crippen molar-refractivity contribution in [3.63, 3.8) is 0 Å². The SMILES string of the molecule is CC(C)CCC(O)c1ccc(C2CCC2)cc1. The highest BCUT2D eigenvalue weighted by atomic mass is 16.3. The van der Waals surface area contributed by atoms with Gasteiger partial charge in [-0.2, -0.15) is 0 Å². The van der Waals surface area contributed by atoms with Crippen LogP contribution in [-0.2, 0) is 0 Å². The molecular weight excluding hydrogens is 208 g/mol. The van der Waals surface area contributed by atoms with Crippen LogP contribution in [0.3, 0.4) is 0 Å². The Kier molecular flexibility index (Phi) is 4.22. The van der Waals surface area contributed by atoms with Gasteiger partial charge in [-0.15, -0.1) is 0 Å². The minimum Gasteiger partial charge on any atom is -0.388 e. The summed E-state index contributed by atoms with van der Waals surface area (Å²) in [5.74, 6) is 1.45. The maximum atomic E-state index is 10.1. The van der Waals surface area contributed by atoms with Crippen molar-refractivity contribution in [1.29, 1.82) is 0 Å². The van der Waals surface area contributed by atoms with Crippen molar-refractivity contribution in [3.8, 4) is 0 Å². The van der Waals surface area contributed by atoms with Gasteiger partial charge in [0.15, 0.2) is 0 Å². The minimum atomic E-state index is -0.284. The fourth-order valence-electron chi connectivity index (χ4n) is 2.39. The summed E-state index contributed by atoms with van der Waals surface area (Å²) < 4.78 is 0. The Balaban J connectivity index is 1.92. The van der Waals surface area contributed by atoms with Crippen molar-refractivity contribution < 1.29 is 5.11 Å². The van der Waals surface area contributed by atoms with Crippen LogP contribution in [0.4, 0.5) is 0 Å². The summed E-state index contributed by atoms with van der Waals surface area (Å²) in [6.45, 7) is 4.40. The lowest BCUT2D eigenvalue weighted by atomic mass is 9.80. The lowest BCUT2D eigenvalue weighted by Gasteiger charge is -2.26. The molecule has 1 nitrogen and oxygen atoms in total. The summed E-state index contributed by atoms with van der Waals surface area (Å²) in [7, 11) is 0. The molecule has 0 bridgehead atoms. The Morgan fingerprint density at radius 3 is 2.24 bits per heavy atom. The average Bonchev–Trinajstić information content (AvgIpc) is 2.24. The third-order valence-corrected chi connectivity index (χ3v) is 3.92. The predicted molar refractivity (Wildman–Crippen MR) is 72.1 cm³/mol. The van der Waals surface area contributed by atoms with Crippen LogP contribution in [0.15, 0.2) is 24.3 Å². The van der Waals surface area contributed by atoms with Gasteiger partial charge in [-0.05, 0) is 48.6 Å². The van der Waals surface area contributed by atoms with E-state index in [1.54, 1.807) is 0 Å². The molecule has 1 heteroatoms. The van der Waals surface area contributed by atoms with Crippen molar-refractivity contribution in [2.24, 2.45) is 5.92 Å². The second-order valence-corrected chi connectivity index (χ2v) is 5.78. The van der Waals surface area contributed by atoms with Crippen LogP contribution in [0, 0.1) is 5.92 Å². The first-order valence-corrected chi connectivity index (χ1v) is 6.94. The molecule has 94 valence electrons. The molecule has 1 unspecified atom stereocenters. The molecular formula is C16H24O. The number of aliphatic hydroxyl groups excluding tert-OH is 1. The zero-order valence-electron chi connectivity index (χ0n) is 11.0. The molecule has 1 N–H and O–H groups in total. The molecule has 1 aliphatic carbocycles. The normalized spacial score (nSPS) is 18.1. The highest BCUT2D eigenvalue weighted by molar-refractivity contribution is 5.27. The molecule has 2 rings (SSSR count). The molecule has 0 amide bonds. The van der Waals surface area contributed by atoms with Crippen LogP contribution in [0.1, 0.15) is 69.1 Å². The van der Waals surface area contributed by atoms with E-state index in [0.29, 0.717) is 5.92 Å². The van der Waals surface area contributed by atoms with Crippen molar-refractivity contribution in [2.45, 2.75) is 58.0 Å². The summed E-state index contributed by atoms with van der Waals surface area (Å²) in [6.07, 6.45) is 5.74. The Morgan fingerprint density at radius 2 is 1.76 bits per heavy atom. The van der Waals surface area contributed by atoms with Gasteiger partial charge in [0, 0.05) is 0 Å². The molecule has 1 atom stereocenters. The third kappa shape index (κ3) is 3.32. The van der Waals surface area contributed by atoms with Gasteiger partial charge in [0.1, 0.15) is 0 Å². The second-order valence-electron chi connectivity index (χ2n) is 5.78. The summed E-state index contributed by atoms with van der Waals surface area (Å²) in [6, 6.07) is 8.63. The first-order valence-electron chi connectivity index (χ1n) is 6.94. The second kappa shape index (κ2) is 5.68. The quantitative estimate of drug-likeness (QED) is 0.796. The topological polar surface area (TPSA) is 20.2 Å². The van der Waals surface area contributed by atoms with Gasteiger partial charge in [0.25, 0.3) is 0 Å². The fourth-order valence-corrected chi connectivity index (χ4v) is 2.39. The van der Waals surface area contributed by atoms with Gasteiger partial charge in [0.05, 0.1) is 6.10 Å². The number of hydrogen-bond acceptors (Lipinski definition) is 1. The van der Waals surface area contributed by atoms with E-state index in [2.05, 4.69) is 38.1 Å². The van der Waals surface area contributed by atoms with Gasteiger partial charge >= 0.3 is 0 Å². The first kappa shape index (κ1) is 12.6. The van der Waals surface area contributed by atoms with E-state index in [1.165, 1.54) is 24.8 Å². The number of aliphatic hydroxyl groups is 1. The molecule has 1 saturated carbocycles. The van der Waals surface area contributed by atoms with E-state index in [9.17, 15) is 5.11 Å². The predicted octanol–water partition coefficient (Wildman–Crippen LogP) is 4.42. The van der Waals surface area contributed by atoms with E-state index < -0.39 is 0 Å². The molecule has 0 radical (unpaired) electrons. The molecule has 0 saturated heterocycles. The van der Waals surface area contributed by atoms with Gasteiger partial charge in [0.2, 0.25) is 0 Å². The van der Waals surface area contributed by atoms with Crippen molar-refractivity contribution in [3.05, 3.63) is 35.4 Å². The largest absolute Gasteiger partial charge is 0.388 e. The Bertz CT molecular complexity index is 335. The van der Waals surface area contributed by atoms with E-state index in [-0.39, 0.29) is 6.10 Å². The van der Waals surface area contributed by atoms with E-state index in [4.69, 9.17) is 0 Å². The Morgan fingerprint density at radius 1 is 1.12 bits per heavy atom. The first-order chi connectivity index (χ1) is 8.16. The molecule has 1 aliphatic rings. The van der Waals surface area contributed by atoms with Gasteiger partial charge < -0.3 is 5.11 Å². The van der Waals surface area contributed by atoms with Crippen LogP contribution >= 0.6 is 0 Å². The molecule has 0 heterocycles. The highest BCUT2D eigenvalue weighted by Gasteiger charge is 2.19. The summed E-state index contributed by atoms with van der Waals surface area (Å²) in [5.41, 5.74) is 2.53. The fraction of sp³-hybridized carbons (Fsp3) is 0.625. The van der Waals surface area contributed by atoms with E-state index >= 15 is 0 Å². The van der Waals surface area contributed by atoms with Crippen LogP contribution in [-0.4, -0.2) is 5.11 Å². The molecule has 17 heavy (non-hydrogen) atoms. The smallest absolute Gasteiger partial charge is 0.0790 e. The van der Waals surface area contributed by atoms with Gasteiger partial charge in [-0.25, -0.2) is 0 Å². The van der Waals surface area contributed by atoms with Crippen molar-refractivity contribution in [2.75, 3.05) is 0 Å². The van der Waals surface area contributed by atoms with E-state index in [1.807, 2.05) is 0 Å². The lowest BCUT2D eigenvalue weighted by Crippen LogP contribution is -2.08. The van der Waals surface area contributed by atoms with Crippen LogP contribution < -0.4 is 0 Å². The van der Waals surface area contributed by atoms with Crippen LogP contribution in [0.5, 0.6) is 0 Å². The molecule has 1 aromatic rings. The maximum Gasteiger partial charge on any atom is 0.0790 e. The molecule has 0 aliphatic heterocycles. The summed E-state index contributed by atoms with van der Waals surface area (Å²) in [5, 5.41) is 10.1. The average molecular weight is 232 g/mol. The number of rotatable bonds is 5. The monoisotopic (exact) mass is 232 g/mol. The zero-order chi connectivity index (χ0) is 12.3. The van der Waals surface area contributed by atoms with Crippen molar-refractivity contribution in [1.82, 2.24) is 0 Å². The van der Waals surface area contributed by atoms with Gasteiger partial charge in [-0.3, -0.25) is 0 Å². The van der Waals surface area contributed by atoms with E-state index in [0.717, 1.165) is 24.3 Å². The highest BCUT2D eigenvalue weighted by Crippen LogP contribution is 2.36. The van der Waals surface area contributed by atoms with Crippen molar-refractivity contribution >= 4 is 0 Å². The van der Waals surface area contributed by atoms with Crippen LogP contribution in [0.2, 0.25) is 0 Å². The summed E-state index contributed by atoms with van der Waals surface area (Å²) in [4.78, 5) is 0. The molecule has 1 aromatic carbocycles. The third-order valence-electron chi connectivity index (χ3n) is 3.92. The van der Waals surface area contributed by atoms with Gasteiger partial charge in [-0.1, -0.05) is 44.5 Å². The standard InChI is InChI=1S/C16H24O/c1-12(2)6-11-16(17)15-9-7-14(8-10-15)13-4-3-5-13/h7-10,12-13,16-17H,3-6,11H2,1-2H3. The lowest BCUT2D eigenvalue weighted by molar-refractivity contribution is 0.159. The summed E-state index contributed by atoms with van der Waals surface area (Å²) >= 11 is 0. The number of benzene rings is 1. The molecule has 0 spiro atoms. The maximum absolute atomic E-state index is 10.1. The zero-order valence-corrected chi connectivity index (χ0v) is 11.0. The molecule has 1 fully saturated rings.